The Labute approximate surface area is 59.4 Å². The standard InChI is InChI=1S/C6H9ClN2/c1-2-3-9-5-6(7)4-8-9/h4-5H,2-3H2,1H3. The fraction of sp³-hybridized carbons (Fsp3) is 0.500. The van der Waals surface area contributed by atoms with Crippen molar-refractivity contribution in [1.29, 1.82) is 0 Å². The zero-order valence-electron chi connectivity index (χ0n) is 5.34. The van der Waals surface area contributed by atoms with Gasteiger partial charge >= 0.3 is 0 Å². The number of aromatic nitrogens is 2. The molecule has 0 radical (unpaired) electrons. The molecule has 0 saturated carbocycles. The largest absolute Gasteiger partial charge is 0.271 e. The maximum absolute atomic E-state index is 5.61. The second kappa shape index (κ2) is 2.87. The molecule has 0 aliphatic rings. The second-order valence-corrected chi connectivity index (χ2v) is 2.36. The van der Waals surface area contributed by atoms with Crippen molar-refractivity contribution in [2.45, 2.75) is 19.9 Å². The highest BCUT2D eigenvalue weighted by molar-refractivity contribution is 6.30. The Hall–Kier alpha value is -0.500. The molecular weight excluding hydrogens is 136 g/mol. The third-order valence-corrected chi connectivity index (χ3v) is 1.25. The second-order valence-electron chi connectivity index (χ2n) is 1.92. The van der Waals surface area contributed by atoms with Crippen LogP contribution in [0.2, 0.25) is 5.02 Å². The Morgan fingerprint density at radius 1 is 1.78 bits per heavy atom. The van der Waals surface area contributed by atoms with Gasteiger partial charge in [0.25, 0.3) is 0 Å². The molecule has 2 nitrogen and oxygen atoms in total. The molecule has 0 atom stereocenters. The van der Waals surface area contributed by atoms with Crippen molar-refractivity contribution in [3.8, 4) is 0 Å². The van der Waals surface area contributed by atoms with E-state index in [1.807, 2.05) is 10.9 Å². The van der Waals surface area contributed by atoms with Gasteiger partial charge in [-0.15, -0.1) is 0 Å². The van der Waals surface area contributed by atoms with Gasteiger partial charge in [-0.25, -0.2) is 0 Å². The number of hydrogen-bond donors (Lipinski definition) is 0. The number of hydrogen-bond acceptors (Lipinski definition) is 1. The number of rotatable bonds is 2. The summed E-state index contributed by atoms with van der Waals surface area (Å²) in [6, 6.07) is 0. The number of aryl methyl sites for hydroxylation is 1. The van der Waals surface area contributed by atoms with E-state index in [0.717, 1.165) is 13.0 Å². The van der Waals surface area contributed by atoms with Gasteiger partial charge in [-0.05, 0) is 6.42 Å². The van der Waals surface area contributed by atoms with E-state index in [1.165, 1.54) is 0 Å². The normalized spacial score (nSPS) is 10.0. The molecule has 0 saturated heterocycles. The predicted octanol–water partition coefficient (Wildman–Crippen LogP) is 1.95. The first-order valence-electron chi connectivity index (χ1n) is 3.01. The van der Waals surface area contributed by atoms with Crippen LogP contribution in [0, 0.1) is 0 Å². The lowest BCUT2D eigenvalue weighted by molar-refractivity contribution is 0.603. The van der Waals surface area contributed by atoms with E-state index in [2.05, 4.69) is 12.0 Å². The van der Waals surface area contributed by atoms with Crippen LogP contribution in [0.15, 0.2) is 12.4 Å². The fourth-order valence-electron chi connectivity index (χ4n) is 0.690. The summed E-state index contributed by atoms with van der Waals surface area (Å²) in [5, 5.41) is 4.70. The maximum atomic E-state index is 5.61. The molecule has 0 amide bonds. The molecule has 50 valence electrons. The minimum absolute atomic E-state index is 0.712. The highest BCUT2D eigenvalue weighted by atomic mass is 35.5. The third-order valence-electron chi connectivity index (χ3n) is 1.05. The van der Waals surface area contributed by atoms with Crippen LogP contribution < -0.4 is 0 Å². The first-order valence-corrected chi connectivity index (χ1v) is 3.38. The zero-order chi connectivity index (χ0) is 6.69. The van der Waals surface area contributed by atoms with Crippen LogP contribution in [-0.2, 0) is 6.54 Å². The van der Waals surface area contributed by atoms with Crippen molar-refractivity contribution in [2.24, 2.45) is 0 Å². The van der Waals surface area contributed by atoms with Crippen LogP contribution >= 0.6 is 11.6 Å². The van der Waals surface area contributed by atoms with Crippen molar-refractivity contribution in [2.75, 3.05) is 0 Å². The van der Waals surface area contributed by atoms with E-state index in [9.17, 15) is 0 Å². The zero-order valence-corrected chi connectivity index (χ0v) is 6.10. The smallest absolute Gasteiger partial charge is 0.0785 e. The third kappa shape index (κ3) is 1.72. The minimum Gasteiger partial charge on any atom is -0.271 e. The maximum Gasteiger partial charge on any atom is 0.0785 e. The fourth-order valence-corrected chi connectivity index (χ4v) is 0.846. The highest BCUT2D eigenvalue weighted by Crippen LogP contribution is 2.04. The molecule has 0 N–H and O–H groups in total. The quantitative estimate of drug-likeness (QED) is 0.621. The van der Waals surface area contributed by atoms with Gasteiger partial charge in [-0.3, -0.25) is 4.68 Å². The minimum atomic E-state index is 0.712. The van der Waals surface area contributed by atoms with Crippen molar-refractivity contribution < 1.29 is 0 Å². The summed E-state index contributed by atoms with van der Waals surface area (Å²) in [6.45, 7) is 3.06. The van der Waals surface area contributed by atoms with E-state index in [4.69, 9.17) is 11.6 Å². The molecular formula is C6H9ClN2. The summed E-state index contributed by atoms with van der Waals surface area (Å²) in [5.41, 5.74) is 0. The van der Waals surface area contributed by atoms with Gasteiger partial charge in [0.2, 0.25) is 0 Å². The van der Waals surface area contributed by atoms with Gasteiger partial charge in [-0.1, -0.05) is 18.5 Å². The van der Waals surface area contributed by atoms with Crippen LogP contribution in [0.25, 0.3) is 0 Å². The highest BCUT2D eigenvalue weighted by Gasteiger charge is 1.90. The van der Waals surface area contributed by atoms with Crippen LogP contribution in [0.5, 0.6) is 0 Å². The molecule has 0 aromatic carbocycles. The van der Waals surface area contributed by atoms with Crippen LogP contribution in [0.4, 0.5) is 0 Å². The Morgan fingerprint density at radius 3 is 3.00 bits per heavy atom. The molecule has 0 spiro atoms. The predicted molar refractivity (Wildman–Crippen MR) is 37.5 cm³/mol. The summed E-state index contributed by atoms with van der Waals surface area (Å²) in [6.07, 6.45) is 4.57. The van der Waals surface area contributed by atoms with Gasteiger partial charge in [0.1, 0.15) is 0 Å². The van der Waals surface area contributed by atoms with Gasteiger partial charge in [0.05, 0.1) is 11.2 Å². The van der Waals surface area contributed by atoms with Crippen molar-refractivity contribution in [1.82, 2.24) is 9.78 Å². The molecule has 1 aromatic rings. The summed E-state index contributed by atoms with van der Waals surface area (Å²) in [7, 11) is 0. The SMILES string of the molecule is CCCn1cc(Cl)cn1. The summed E-state index contributed by atoms with van der Waals surface area (Å²) < 4.78 is 1.84. The first-order chi connectivity index (χ1) is 4.33. The van der Waals surface area contributed by atoms with E-state index in [0.29, 0.717) is 5.02 Å². The van der Waals surface area contributed by atoms with Crippen LogP contribution in [0.3, 0.4) is 0 Å². The Bertz CT molecular complexity index is 183. The van der Waals surface area contributed by atoms with Crippen molar-refractivity contribution in [3.63, 3.8) is 0 Å². The Kier molecular flexibility index (Phi) is 2.11. The Morgan fingerprint density at radius 2 is 2.56 bits per heavy atom. The van der Waals surface area contributed by atoms with E-state index in [-0.39, 0.29) is 0 Å². The molecule has 1 rings (SSSR count). The van der Waals surface area contributed by atoms with Crippen molar-refractivity contribution >= 4 is 11.6 Å². The van der Waals surface area contributed by atoms with Crippen molar-refractivity contribution in [3.05, 3.63) is 17.4 Å². The van der Waals surface area contributed by atoms with Crippen LogP contribution in [-0.4, -0.2) is 9.78 Å². The van der Waals surface area contributed by atoms with Crippen LogP contribution in [0.1, 0.15) is 13.3 Å². The molecule has 0 aliphatic carbocycles. The van der Waals surface area contributed by atoms with Gasteiger partial charge in [0, 0.05) is 12.7 Å². The summed E-state index contributed by atoms with van der Waals surface area (Å²) in [5.74, 6) is 0. The monoisotopic (exact) mass is 144 g/mol. The number of nitrogens with zero attached hydrogens (tertiary/aromatic N) is 2. The molecule has 9 heavy (non-hydrogen) atoms. The average Bonchev–Trinajstić information content (AvgIpc) is 2.17. The molecule has 1 aromatic heterocycles. The van der Waals surface area contributed by atoms with Gasteiger partial charge in [-0.2, -0.15) is 5.10 Å². The molecule has 1 heterocycles. The van der Waals surface area contributed by atoms with Gasteiger partial charge in [0.15, 0.2) is 0 Å². The van der Waals surface area contributed by atoms with E-state index < -0.39 is 0 Å². The molecule has 0 aliphatic heterocycles. The van der Waals surface area contributed by atoms with E-state index in [1.54, 1.807) is 6.20 Å². The first kappa shape index (κ1) is 6.62. The Balaban J connectivity index is 2.61. The molecule has 0 unspecified atom stereocenters. The van der Waals surface area contributed by atoms with Gasteiger partial charge < -0.3 is 0 Å². The summed E-state index contributed by atoms with van der Waals surface area (Å²) >= 11 is 5.61. The molecule has 0 bridgehead atoms. The topological polar surface area (TPSA) is 17.8 Å². The average molecular weight is 145 g/mol. The molecule has 3 heteroatoms. The number of halogens is 1. The lowest BCUT2D eigenvalue weighted by Crippen LogP contribution is -1.95. The lowest BCUT2D eigenvalue weighted by Gasteiger charge is -1.93. The summed E-state index contributed by atoms with van der Waals surface area (Å²) in [4.78, 5) is 0. The lowest BCUT2D eigenvalue weighted by atomic mass is 10.5. The van der Waals surface area contributed by atoms with E-state index >= 15 is 0 Å². The molecule has 0 fully saturated rings.